The standard InChI is InChI=1S/C28H25N3O3/c32-26(29-19-20-10-4-1-5-11-20)23-16-24(30-27(33)21-12-6-2-7-13-21)18-25(17-23)31-28(34)22-14-8-3-9-15-22/h1-18,26,29,32H,19H2,(H,30,33)(H,31,34). The number of nitrogens with one attached hydrogen (secondary N) is 3. The van der Waals surface area contributed by atoms with Gasteiger partial charge in [-0.05, 0) is 53.6 Å². The Morgan fingerprint density at radius 3 is 1.56 bits per heavy atom. The summed E-state index contributed by atoms with van der Waals surface area (Å²) in [5.74, 6) is -0.574. The highest BCUT2D eigenvalue weighted by Crippen LogP contribution is 2.24. The van der Waals surface area contributed by atoms with Crippen LogP contribution >= 0.6 is 0 Å². The van der Waals surface area contributed by atoms with Gasteiger partial charge in [-0.3, -0.25) is 14.9 Å². The summed E-state index contributed by atoms with van der Waals surface area (Å²) in [5, 5.41) is 19.6. The number of amides is 2. The predicted octanol–water partition coefficient (Wildman–Crippen LogP) is 4.97. The lowest BCUT2D eigenvalue weighted by Gasteiger charge is -2.17. The molecule has 1 unspecified atom stereocenters. The van der Waals surface area contributed by atoms with Crippen molar-refractivity contribution in [3.8, 4) is 0 Å². The number of anilines is 2. The maximum atomic E-state index is 12.7. The van der Waals surface area contributed by atoms with Crippen LogP contribution in [0.2, 0.25) is 0 Å². The van der Waals surface area contributed by atoms with Gasteiger partial charge >= 0.3 is 0 Å². The highest BCUT2D eigenvalue weighted by atomic mass is 16.3. The molecule has 6 nitrogen and oxygen atoms in total. The van der Waals surface area contributed by atoms with Crippen molar-refractivity contribution in [3.05, 3.63) is 131 Å². The zero-order valence-electron chi connectivity index (χ0n) is 18.4. The van der Waals surface area contributed by atoms with E-state index in [4.69, 9.17) is 0 Å². The molecule has 0 heterocycles. The van der Waals surface area contributed by atoms with E-state index < -0.39 is 6.23 Å². The Labute approximate surface area is 198 Å². The number of benzene rings is 4. The van der Waals surface area contributed by atoms with Gasteiger partial charge in [0.15, 0.2) is 0 Å². The van der Waals surface area contributed by atoms with E-state index in [9.17, 15) is 14.7 Å². The van der Waals surface area contributed by atoms with Crippen molar-refractivity contribution in [2.24, 2.45) is 0 Å². The first-order valence-electron chi connectivity index (χ1n) is 10.9. The Bertz CT molecular complexity index is 1170. The molecule has 0 fully saturated rings. The second-order valence-corrected chi connectivity index (χ2v) is 7.75. The average molecular weight is 452 g/mol. The van der Waals surface area contributed by atoms with E-state index >= 15 is 0 Å². The molecule has 0 aliphatic rings. The number of aliphatic hydroxyl groups is 1. The van der Waals surface area contributed by atoms with E-state index in [0.717, 1.165) is 5.56 Å². The summed E-state index contributed by atoms with van der Waals surface area (Å²) in [5.41, 5.74) is 3.44. The molecule has 0 aliphatic carbocycles. The van der Waals surface area contributed by atoms with Crippen molar-refractivity contribution < 1.29 is 14.7 Å². The van der Waals surface area contributed by atoms with Crippen LogP contribution in [0.15, 0.2) is 109 Å². The number of aliphatic hydroxyl groups excluding tert-OH is 1. The molecule has 170 valence electrons. The summed E-state index contributed by atoms with van der Waals surface area (Å²) in [4.78, 5) is 25.4. The molecule has 2 amide bonds. The van der Waals surface area contributed by atoms with E-state index in [1.54, 1.807) is 66.7 Å². The second kappa shape index (κ2) is 11.0. The maximum absolute atomic E-state index is 12.7. The molecule has 1 atom stereocenters. The Morgan fingerprint density at radius 1 is 0.647 bits per heavy atom. The van der Waals surface area contributed by atoms with Crippen LogP contribution in [-0.2, 0) is 6.54 Å². The van der Waals surface area contributed by atoms with Crippen molar-refractivity contribution in [2.45, 2.75) is 12.8 Å². The monoisotopic (exact) mass is 451 g/mol. The molecule has 0 aliphatic heterocycles. The lowest BCUT2D eigenvalue weighted by atomic mass is 10.1. The smallest absolute Gasteiger partial charge is 0.255 e. The van der Waals surface area contributed by atoms with Crippen LogP contribution in [0.3, 0.4) is 0 Å². The minimum atomic E-state index is -1.01. The molecule has 0 saturated heterocycles. The molecule has 34 heavy (non-hydrogen) atoms. The zero-order valence-corrected chi connectivity index (χ0v) is 18.4. The quantitative estimate of drug-likeness (QED) is 0.285. The Hall–Kier alpha value is -4.26. The minimum absolute atomic E-state index is 0.287. The van der Waals surface area contributed by atoms with Gasteiger partial charge < -0.3 is 15.7 Å². The predicted molar refractivity (Wildman–Crippen MR) is 133 cm³/mol. The van der Waals surface area contributed by atoms with Gasteiger partial charge in [-0.25, -0.2) is 0 Å². The summed E-state index contributed by atoms with van der Waals surface area (Å²) >= 11 is 0. The number of rotatable bonds is 8. The third kappa shape index (κ3) is 6.16. The van der Waals surface area contributed by atoms with Crippen LogP contribution in [-0.4, -0.2) is 16.9 Å². The number of carbonyl (C=O) groups excluding carboxylic acids is 2. The zero-order chi connectivity index (χ0) is 23.8. The highest BCUT2D eigenvalue weighted by molar-refractivity contribution is 6.06. The second-order valence-electron chi connectivity index (χ2n) is 7.75. The highest BCUT2D eigenvalue weighted by Gasteiger charge is 2.14. The van der Waals surface area contributed by atoms with E-state index in [0.29, 0.717) is 34.6 Å². The lowest BCUT2D eigenvalue weighted by Crippen LogP contribution is -2.21. The fraction of sp³-hybridized carbons (Fsp3) is 0.0714. The van der Waals surface area contributed by atoms with E-state index in [1.807, 2.05) is 42.5 Å². The first-order valence-corrected chi connectivity index (χ1v) is 10.9. The molecule has 0 saturated carbocycles. The van der Waals surface area contributed by atoms with Gasteiger partial charge in [0, 0.05) is 29.0 Å². The molecular weight excluding hydrogens is 426 g/mol. The molecular formula is C28H25N3O3. The van der Waals surface area contributed by atoms with Gasteiger partial charge in [-0.2, -0.15) is 0 Å². The molecule has 0 spiro atoms. The Morgan fingerprint density at radius 2 is 1.09 bits per heavy atom. The largest absolute Gasteiger partial charge is 0.374 e. The van der Waals surface area contributed by atoms with Crippen molar-refractivity contribution >= 4 is 23.2 Å². The first-order chi connectivity index (χ1) is 16.6. The molecule has 6 heteroatoms. The topological polar surface area (TPSA) is 90.5 Å². The van der Waals surface area contributed by atoms with Crippen LogP contribution in [0.25, 0.3) is 0 Å². The SMILES string of the molecule is O=C(Nc1cc(NC(=O)c2ccccc2)cc(C(O)NCc2ccccc2)c1)c1ccccc1. The fourth-order valence-electron chi connectivity index (χ4n) is 3.47. The third-order valence-electron chi connectivity index (χ3n) is 5.20. The van der Waals surface area contributed by atoms with Gasteiger partial charge in [0.2, 0.25) is 0 Å². The minimum Gasteiger partial charge on any atom is -0.374 e. The summed E-state index contributed by atoms with van der Waals surface area (Å²) in [6.45, 7) is 0.453. The van der Waals surface area contributed by atoms with Crippen LogP contribution in [0, 0.1) is 0 Å². The van der Waals surface area contributed by atoms with Gasteiger partial charge in [0.05, 0.1) is 0 Å². The summed E-state index contributed by atoms with van der Waals surface area (Å²) in [6.07, 6.45) is -1.01. The molecule has 0 aromatic heterocycles. The van der Waals surface area contributed by atoms with E-state index in [1.165, 1.54) is 0 Å². The molecule has 0 radical (unpaired) electrons. The molecule has 4 aromatic carbocycles. The number of hydrogen-bond donors (Lipinski definition) is 4. The fourth-order valence-corrected chi connectivity index (χ4v) is 3.47. The van der Waals surface area contributed by atoms with Crippen molar-refractivity contribution in [1.29, 1.82) is 0 Å². The van der Waals surface area contributed by atoms with Gasteiger partial charge in [0.1, 0.15) is 6.23 Å². The van der Waals surface area contributed by atoms with Crippen LogP contribution in [0.1, 0.15) is 38.1 Å². The van der Waals surface area contributed by atoms with Crippen molar-refractivity contribution in [3.63, 3.8) is 0 Å². The summed E-state index contributed by atoms with van der Waals surface area (Å²) in [6, 6.07) is 32.4. The molecule has 4 N–H and O–H groups in total. The maximum Gasteiger partial charge on any atom is 0.255 e. The first kappa shape index (κ1) is 22.9. The van der Waals surface area contributed by atoms with Crippen LogP contribution < -0.4 is 16.0 Å². The van der Waals surface area contributed by atoms with Crippen molar-refractivity contribution in [2.75, 3.05) is 10.6 Å². The van der Waals surface area contributed by atoms with E-state index in [-0.39, 0.29) is 11.8 Å². The molecule has 4 rings (SSSR count). The summed E-state index contributed by atoms with van der Waals surface area (Å²) < 4.78 is 0. The van der Waals surface area contributed by atoms with Crippen LogP contribution in [0.5, 0.6) is 0 Å². The van der Waals surface area contributed by atoms with Crippen LogP contribution in [0.4, 0.5) is 11.4 Å². The van der Waals surface area contributed by atoms with Gasteiger partial charge in [-0.1, -0.05) is 66.7 Å². The molecule has 0 bridgehead atoms. The number of hydrogen-bond acceptors (Lipinski definition) is 4. The van der Waals surface area contributed by atoms with E-state index in [2.05, 4.69) is 16.0 Å². The molecule has 4 aromatic rings. The third-order valence-corrected chi connectivity index (χ3v) is 5.20. The Balaban J connectivity index is 1.57. The lowest BCUT2D eigenvalue weighted by molar-refractivity contribution is 0.101. The summed E-state index contributed by atoms with van der Waals surface area (Å²) in [7, 11) is 0. The van der Waals surface area contributed by atoms with Gasteiger partial charge in [0.25, 0.3) is 11.8 Å². The normalized spacial score (nSPS) is 11.4. The number of carbonyl (C=O) groups is 2. The Kier molecular flexibility index (Phi) is 7.45. The van der Waals surface area contributed by atoms with Crippen molar-refractivity contribution in [1.82, 2.24) is 5.32 Å². The average Bonchev–Trinajstić information content (AvgIpc) is 2.88. The van der Waals surface area contributed by atoms with Gasteiger partial charge in [-0.15, -0.1) is 0 Å².